The van der Waals surface area contributed by atoms with Crippen LogP contribution in [-0.4, -0.2) is 17.2 Å². The standard InChI is InChI=1S/C17H23NOS/c1-12(20-11-13-5-3-2-4-6-13)17(19)18-16-10-14-7-8-15(16)9-14/h2-6,12,14-16H,7-11H2,1H3,(H,18,19)/t12-,14-,15-,16-/m0/s1. The molecule has 0 heterocycles. The van der Waals surface area contributed by atoms with Gasteiger partial charge in [-0.3, -0.25) is 4.79 Å². The van der Waals surface area contributed by atoms with E-state index in [2.05, 4.69) is 29.6 Å². The van der Waals surface area contributed by atoms with Crippen LogP contribution in [0.4, 0.5) is 0 Å². The van der Waals surface area contributed by atoms with E-state index in [4.69, 9.17) is 0 Å². The quantitative estimate of drug-likeness (QED) is 0.897. The van der Waals surface area contributed by atoms with Crippen molar-refractivity contribution in [2.24, 2.45) is 11.8 Å². The van der Waals surface area contributed by atoms with E-state index in [1.54, 1.807) is 11.8 Å². The van der Waals surface area contributed by atoms with Gasteiger partial charge in [-0.15, -0.1) is 11.8 Å². The predicted octanol–water partition coefficient (Wildman–Crippen LogP) is 3.61. The SMILES string of the molecule is C[C@H](SCc1ccccc1)C(=O)N[C@H]1C[C@H]2CC[C@H]1C2. The third kappa shape index (κ3) is 3.20. The molecule has 3 rings (SSSR count). The number of hydrogen-bond donors (Lipinski definition) is 1. The van der Waals surface area contributed by atoms with Crippen molar-refractivity contribution in [2.45, 2.75) is 49.7 Å². The van der Waals surface area contributed by atoms with E-state index in [-0.39, 0.29) is 11.2 Å². The maximum Gasteiger partial charge on any atom is 0.233 e. The summed E-state index contributed by atoms with van der Waals surface area (Å²) in [6.07, 6.45) is 5.26. The number of hydrogen-bond acceptors (Lipinski definition) is 2. The van der Waals surface area contributed by atoms with Gasteiger partial charge in [0.2, 0.25) is 5.91 Å². The first kappa shape index (κ1) is 14.0. The molecule has 1 aromatic rings. The summed E-state index contributed by atoms with van der Waals surface area (Å²) < 4.78 is 0. The van der Waals surface area contributed by atoms with Crippen LogP contribution in [0.1, 0.15) is 38.2 Å². The zero-order valence-electron chi connectivity index (χ0n) is 12.0. The molecule has 2 nitrogen and oxygen atoms in total. The molecule has 0 radical (unpaired) electrons. The second kappa shape index (κ2) is 6.21. The van der Waals surface area contributed by atoms with Crippen molar-refractivity contribution in [1.82, 2.24) is 5.32 Å². The molecule has 108 valence electrons. The molecule has 0 unspecified atom stereocenters. The molecule has 0 aliphatic heterocycles. The second-order valence-corrected chi connectivity index (χ2v) is 7.56. The highest BCUT2D eigenvalue weighted by atomic mass is 32.2. The molecule has 1 N–H and O–H groups in total. The lowest BCUT2D eigenvalue weighted by atomic mass is 9.95. The van der Waals surface area contributed by atoms with Crippen LogP contribution in [0.25, 0.3) is 0 Å². The minimum Gasteiger partial charge on any atom is -0.352 e. The van der Waals surface area contributed by atoms with Gasteiger partial charge >= 0.3 is 0 Å². The fraction of sp³-hybridized carbons (Fsp3) is 0.588. The molecule has 2 aliphatic carbocycles. The third-order valence-corrected chi connectivity index (χ3v) is 5.99. The molecule has 3 heteroatoms. The van der Waals surface area contributed by atoms with Crippen molar-refractivity contribution in [3.8, 4) is 0 Å². The lowest BCUT2D eigenvalue weighted by molar-refractivity contribution is -0.121. The number of rotatable bonds is 5. The first-order chi connectivity index (χ1) is 9.72. The number of benzene rings is 1. The van der Waals surface area contributed by atoms with Gasteiger partial charge in [0.05, 0.1) is 5.25 Å². The van der Waals surface area contributed by atoms with Gasteiger partial charge in [-0.05, 0) is 43.6 Å². The summed E-state index contributed by atoms with van der Waals surface area (Å²) in [4.78, 5) is 12.3. The van der Waals surface area contributed by atoms with Crippen molar-refractivity contribution < 1.29 is 4.79 Å². The molecule has 2 fully saturated rings. The maximum absolute atomic E-state index is 12.3. The van der Waals surface area contributed by atoms with E-state index in [0.717, 1.165) is 17.6 Å². The zero-order valence-corrected chi connectivity index (χ0v) is 12.9. The summed E-state index contributed by atoms with van der Waals surface area (Å²) in [7, 11) is 0. The Kier molecular flexibility index (Phi) is 4.35. The molecule has 2 saturated carbocycles. The highest BCUT2D eigenvalue weighted by Crippen LogP contribution is 2.44. The molecule has 4 atom stereocenters. The van der Waals surface area contributed by atoms with Crippen LogP contribution in [-0.2, 0) is 10.5 Å². The average molecular weight is 289 g/mol. The Labute approximate surface area is 125 Å². The van der Waals surface area contributed by atoms with Crippen LogP contribution >= 0.6 is 11.8 Å². The topological polar surface area (TPSA) is 29.1 Å². The van der Waals surface area contributed by atoms with Gasteiger partial charge in [0.1, 0.15) is 0 Å². The average Bonchev–Trinajstić information content (AvgIpc) is 3.08. The smallest absolute Gasteiger partial charge is 0.233 e. The number of nitrogens with one attached hydrogen (secondary N) is 1. The summed E-state index contributed by atoms with van der Waals surface area (Å²) in [5.74, 6) is 2.78. The summed E-state index contributed by atoms with van der Waals surface area (Å²) in [6, 6.07) is 10.8. The molecular formula is C17H23NOS. The number of amides is 1. The van der Waals surface area contributed by atoms with Gasteiger partial charge in [-0.2, -0.15) is 0 Å². The molecule has 1 amide bonds. The molecule has 2 aliphatic rings. The minimum absolute atomic E-state index is 0.0364. The van der Waals surface area contributed by atoms with Gasteiger partial charge in [0.15, 0.2) is 0 Å². The Morgan fingerprint density at radius 2 is 2.10 bits per heavy atom. The largest absolute Gasteiger partial charge is 0.352 e. The highest BCUT2D eigenvalue weighted by molar-refractivity contribution is 7.99. The van der Waals surface area contributed by atoms with Crippen molar-refractivity contribution in [1.29, 1.82) is 0 Å². The summed E-state index contributed by atoms with van der Waals surface area (Å²) in [5, 5.41) is 3.32. The molecule has 0 aromatic heterocycles. The van der Waals surface area contributed by atoms with E-state index in [1.807, 2.05) is 13.0 Å². The van der Waals surface area contributed by atoms with Crippen LogP contribution in [0, 0.1) is 11.8 Å². The van der Waals surface area contributed by atoms with Crippen LogP contribution < -0.4 is 5.32 Å². The van der Waals surface area contributed by atoms with Gasteiger partial charge in [0.25, 0.3) is 0 Å². The summed E-state index contributed by atoms with van der Waals surface area (Å²) in [6.45, 7) is 2.02. The Hall–Kier alpha value is -0.960. The molecular weight excluding hydrogens is 266 g/mol. The van der Waals surface area contributed by atoms with E-state index in [1.165, 1.54) is 31.2 Å². The van der Waals surface area contributed by atoms with Crippen LogP contribution in [0.5, 0.6) is 0 Å². The second-order valence-electron chi connectivity index (χ2n) is 6.23. The van der Waals surface area contributed by atoms with Crippen molar-refractivity contribution in [3.05, 3.63) is 35.9 Å². The molecule has 0 saturated heterocycles. The number of carbonyl (C=O) groups is 1. The predicted molar refractivity (Wildman–Crippen MR) is 84.6 cm³/mol. The Morgan fingerprint density at radius 1 is 1.30 bits per heavy atom. The van der Waals surface area contributed by atoms with Gasteiger partial charge < -0.3 is 5.32 Å². The molecule has 20 heavy (non-hydrogen) atoms. The first-order valence-electron chi connectivity index (χ1n) is 7.68. The van der Waals surface area contributed by atoms with Crippen molar-refractivity contribution in [2.75, 3.05) is 0 Å². The van der Waals surface area contributed by atoms with Gasteiger partial charge in [0, 0.05) is 11.8 Å². The monoisotopic (exact) mass is 289 g/mol. The first-order valence-corrected chi connectivity index (χ1v) is 8.73. The van der Waals surface area contributed by atoms with Crippen LogP contribution in [0.3, 0.4) is 0 Å². The lowest BCUT2D eigenvalue weighted by Crippen LogP contribution is -2.42. The molecule has 2 bridgehead atoms. The normalized spacial score (nSPS) is 29.4. The number of thioether (sulfide) groups is 1. The van der Waals surface area contributed by atoms with Crippen molar-refractivity contribution in [3.63, 3.8) is 0 Å². The number of fused-ring (bicyclic) bond motifs is 2. The Balaban J connectivity index is 1.45. The summed E-state index contributed by atoms with van der Waals surface area (Å²) in [5.41, 5.74) is 1.29. The van der Waals surface area contributed by atoms with Crippen LogP contribution in [0.2, 0.25) is 0 Å². The Morgan fingerprint density at radius 3 is 2.75 bits per heavy atom. The number of carbonyl (C=O) groups excluding carboxylic acids is 1. The third-order valence-electron chi connectivity index (χ3n) is 4.78. The van der Waals surface area contributed by atoms with E-state index in [9.17, 15) is 4.79 Å². The maximum atomic E-state index is 12.3. The molecule has 1 aromatic carbocycles. The highest BCUT2D eigenvalue weighted by Gasteiger charge is 2.40. The van der Waals surface area contributed by atoms with Gasteiger partial charge in [-0.1, -0.05) is 36.8 Å². The van der Waals surface area contributed by atoms with E-state index in [0.29, 0.717) is 6.04 Å². The summed E-state index contributed by atoms with van der Waals surface area (Å²) >= 11 is 1.73. The van der Waals surface area contributed by atoms with E-state index >= 15 is 0 Å². The Bertz CT molecular complexity index is 461. The van der Waals surface area contributed by atoms with Crippen LogP contribution in [0.15, 0.2) is 30.3 Å². The minimum atomic E-state index is 0.0364. The lowest BCUT2D eigenvalue weighted by Gasteiger charge is -2.24. The van der Waals surface area contributed by atoms with E-state index < -0.39 is 0 Å². The van der Waals surface area contributed by atoms with Gasteiger partial charge in [-0.25, -0.2) is 0 Å². The fourth-order valence-corrected chi connectivity index (χ4v) is 4.45. The molecule has 0 spiro atoms. The fourth-order valence-electron chi connectivity index (χ4n) is 3.59. The zero-order chi connectivity index (χ0) is 13.9. The van der Waals surface area contributed by atoms with Crippen molar-refractivity contribution >= 4 is 17.7 Å².